The molecule has 2 aromatic rings. The van der Waals surface area contributed by atoms with Crippen LogP contribution in [-0.2, 0) is 46.4 Å². The monoisotopic (exact) mass is 590 g/mol. The Labute approximate surface area is 256 Å². The molecule has 1 spiro atoms. The molecule has 232 valence electrons. The van der Waals surface area contributed by atoms with Gasteiger partial charge in [-0.1, -0.05) is 72.3 Å². The minimum atomic E-state index is -0.452. The van der Waals surface area contributed by atoms with Crippen molar-refractivity contribution in [1.82, 2.24) is 0 Å². The minimum absolute atomic E-state index is 0.0237. The molecule has 2 saturated heterocycles. The molecule has 43 heavy (non-hydrogen) atoms. The molecule has 1 saturated carbocycles. The Kier molecular flexibility index (Phi) is 10.2. The third-order valence-corrected chi connectivity index (χ3v) is 9.03. The molecule has 7 heteroatoms. The molecule has 0 N–H and O–H groups in total. The van der Waals surface area contributed by atoms with Crippen LogP contribution in [0.25, 0.3) is 0 Å². The van der Waals surface area contributed by atoms with Crippen LogP contribution in [0, 0.1) is 5.92 Å². The highest BCUT2D eigenvalue weighted by Gasteiger charge is 2.72. The standard InChI is InChI=1S/C36H46O7/c1-25(2)16-18-31-35(4,43-31)34-33(38-5)30(20-21-36(34)24-41-36)42-32(37)19-17-29(40-23-28-14-10-7-11-15-28)26(3)39-22-27-12-8-6-9-13-27/h6-17,19,26,29-31,33-34H,18,20-24H2,1-5H3. The van der Waals surface area contributed by atoms with Crippen molar-refractivity contribution in [3.8, 4) is 0 Å². The van der Waals surface area contributed by atoms with E-state index in [1.165, 1.54) is 11.6 Å². The number of ether oxygens (including phenoxy) is 6. The van der Waals surface area contributed by atoms with Gasteiger partial charge in [-0.05, 0) is 64.2 Å². The summed E-state index contributed by atoms with van der Waals surface area (Å²) in [6, 6.07) is 20.0. The van der Waals surface area contributed by atoms with Crippen LogP contribution < -0.4 is 0 Å². The summed E-state index contributed by atoms with van der Waals surface area (Å²) < 4.78 is 36.8. The number of hydrogen-bond donors (Lipinski definition) is 0. The lowest BCUT2D eigenvalue weighted by Crippen LogP contribution is -2.55. The summed E-state index contributed by atoms with van der Waals surface area (Å²) in [6.45, 7) is 9.83. The second kappa shape index (κ2) is 13.9. The van der Waals surface area contributed by atoms with Gasteiger partial charge in [0, 0.05) is 13.2 Å². The van der Waals surface area contributed by atoms with Crippen molar-refractivity contribution < 1.29 is 33.2 Å². The molecule has 5 rings (SSSR count). The average molecular weight is 591 g/mol. The summed E-state index contributed by atoms with van der Waals surface area (Å²) in [5.74, 6) is -0.450. The van der Waals surface area contributed by atoms with Gasteiger partial charge in [-0.25, -0.2) is 4.79 Å². The smallest absolute Gasteiger partial charge is 0.330 e. The van der Waals surface area contributed by atoms with Gasteiger partial charge < -0.3 is 28.4 Å². The molecular weight excluding hydrogens is 544 g/mol. The van der Waals surface area contributed by atoms with E-state index in [4.69, 9.17) is 28.4 Å². The molecule has 2 aliphatic heterocycles. The van der Waals surface area contributed by atoms with E-state index < -0.39 is 18.2 Å². The number of epoxide rings is 2. The second-order valence-corrected chi connectivity index (χ2v) is 12.5. The lowest BCUT2D eigenvalue weighted by molar-refractivity contribution is -0.166. The first-order chi connectivity index (χ1) is 20.7. The van der Waals surface area contributed by atoms with Gasteiger partial charge in [-0.15, -0.1) is 0 Å². The maximum absolute atomic E-state index is 13.2. The molecule has 3 fully saturated rings. The fraction of sp³-hybridized carbons (Fsp3) is 0.528. The van der Waals surface area contributed by atoms with Crippen molar-refractivity contribution in [3.05, 3.63) is 95.6 Å². The zero-order valence-electron chi connectivity index (χ0n) is 26.1. The molecule has 1 aliphatic carbocycles. The van der Waals surface area contributed by atoms with Crippen LogP contribution in [0.4, 0.5) is 0 Å². The number of rotatable bonds is 14. The maximum atomic E-state index is 13.2. The fourth-order valence-corrected chi connectivity index (χ4v) is 6.44. The van der Waals surface area contributed by atoms with Gasteiger partial charge >= 0.3 is 5.97 Å². The Morgan fingerprint density at radius 3 is 2.23 bits per heavy atom. The molecule has 0 aromatic heterocycles. The van der Waals surface area contributed by atoms with Crippen LogP contribution in [0.3, 0.4) is 0 Å². The van der Waals surface area contributed by atoms with Gasteiger partial charge in [-0.3, -0.25) is 0 Å². The third-order valence-electron chi connectivity index (χ3n) is 9.03. The van der Waals surface area contributed by atoms with Crippen LogP contribution in [0.15, 0.2) is 84.5 Å². The Balaban J connectivity index is 1.24. The molecule has 2 heterocycles. The van der Waals surface area contributed by atoms with Crippen LogP contribution in [0.2, 0.25) is 0 Å². The summed E-state index contributed by atoms with van der Waals surface area (Å²) in [7, 11) is 1.69. The predicted molar refractivity (Wildman–Crippen MR) is 164 cm³/mol. The zero-order chi connectivity index (χ0) is 30.5. The van der Waals surface area contributed by atoms with Crippen LogP contribution in [0.1, 0.15) is 58.1 Å². The van der Waals surface area contributed by atoms with E-state index in [0.29, 0.717) is 26.2 Å². The molecule has 0 radical (unpaired) electrons. The summed E-state index contributed by atoms with van der Waals surface area (Å²) >= 11 is 0. The molecule has 0 amide bonds. The number of esters is 1. The molecule has 8 atom stereocenters. The summed E-state index contributed by atoms with van der Waals surface area (Å²) in [4.78, 5) is 13.2. The molecule has 7 nitrogen and oxygen atoms in total. The van der Waals surface area contributed by atoms with Crippen molar-refractivity contribution in [1.29, 1.82) is 0 Å². The second-order valence-electron chi connectivity index (χ2n) is 12.5. The zero-order valence-corrected chi connectivity index (χ0v) is 26.1. The Morgan fingerprint density at radius 1 is 1.02 bits per heavy atom. The maximum Gasteiger partial charge on any atom is 0.330 e. The van der Waals surface area contributed by atoms with Gasteiger partial charge in [0.05, 0.1) is 37.9 Å². The molecule has 2 aromatic carbocycles. The molecular formula is C36H46O7. The van der Waals surface area contributed by atoms with Crippen molar-refractivity contribution in [2.24, 2.45) is 5.92 Å². The highest BCUT2D eigenvalue weighted by atomic mass is 16.6. The van der Waals surface area contributed by atoms with E-state index in [0.717, 1.165) is 24.0 Å². The summed E-state index contributed by atoms with van der Waals surface area (Å²) in [5, 5.41) is 0. The molecule has 8 unspecified atom stereocenters. The number of carbonyl (C=O) groups excluding carboxylic acids is 1. The number of methoxy groups -OCH3 is 1. The normalized spacial score (nSPS) is 31.0. The Hall–Kier alpha value is -2.81. The number of benzene rings is 2. The van der Waals surface area contributed by atoms with Crippen molar-refractivity contribution >= 4 is 5.97 Å². The van der Waals surface area contributed by atoms with Gasteiger partial charge in [0.1, 0.15) is 29.5 Å². The van der Waals surface area contributed by atoms with Gasteiger partial charge in [0.15, 0.2) is 0 Å². The first-order valence-electron chi connectivity index (χ1n) is 15.4. The number of hydrogen-bond acceptors (Lipinski definition) is 7. The largest absolute Gasteiger partial charge is 0.456 e. The topological polar surface area (TPSA) is 79.1 Å². The van der Waals surface area contributed by atoms with Crippen LogP contribution in [-0.4, -0.2) is 61.4 Å². The third kappa shape index (κ3) is 7.83. The average Bonchev–Trinajstić information content (AvgIpc) is 3.93. The van der Waals surface area contributed by atoms with E-state index >= 15 is 0 Å². The quantitative estimate of drug-likeness (QED) is 0.110. The van der Waals surface area contributed by atoms with E-state index in [1.807, 2.05) is 67.6 Å². The van der Waals surface area contributed by atoms with Crippen LogP contribution in [0.5, 0.6) is 0 Å². The van der Waals surface area contributed by atoms with Crippen molar-refractivity contribution in [2.45, 2.75) is 102 Å². The van der Waals surface area contributed by atoms with Gasteiger partial charge in [-0.2, -0.15) is 0 Å². The first-order valence-corrected chi connectivity index (χ1v) is 15.4. The molecule has 0 bridgehead atoms. The van der Waals surface area contributed by atoms with Crippen LogP contribution >= 0.6 is 0 Å². The molecule has 3 aliphatic rings. The lowest BCUT2D eigenvalue weighted by Gasteiger charge is -2.42. The lowest BCUT2D eigenvalue weighted by atomic mass is 9.68. The van der Waals surface area contributed by atoms with E-state index in [2.05, 4.69) is 26.8 Å². The van der Waals surface area contributed by atoms with Crippen molar-refractivity contribution in [3.63, 3.8) is 0 Å². The summed E-state index contributed by atoms with van der Waals surface area (Å²) in [5.41, 5.74) is 2.74. The predicted octanol–water partition coefficient (Wildman–Crippen LogP) is 6.35. The highest BCUT2D eigenvalue weighted by molar-refractivity contribution is 5.82. The first kappa shape index (κ1) is 31.6. The number of allylic oxidation sites excluding steroid dienone is 1. The van der Waals surface area contributed by atoms with E-state index in [1.54, 1.807) is 13.2 Å². The fourth-order valence-electron chi connectivity index (χ4n) is 6.44. The van der Waals surface area contributed by atoms with E-state index in [9.17, 15) is 4.79 Å². The van der Waals surface area contributed by atoms with Gasteiger partial charge in [0.25, 0.3) is 0 Å². The SMILES string of the molecule is COC1C(OC(=O)C=CC(OCc2ccccc2)C(C)OCc2ccccc2)CCC2(CO2)C1C1(C)OC1CC=C(C)C. The number of carbonyl (C=O) groups is 1. The van der Waals surface area contributed by atoms with Crippen molar-refractivity contribution in [2.75, 3.05) is 13.7 Å². The summed E-state index contributed by atoms with van der Waals surface area (Å²) in [6.07, 6.45) is 6.38. The minimum Gasteiger partial charge on any atom is -0.456 e. The van der Waals surface area contributed by atoms with E-state index in [-0.39, 0.29) is 35.4 Å². The Bertz CT molecular complexity index is 1250. The van der Waals surface area contributed by atoms with Gasteiger partial charge in [0.2, 0.25) is 0 Å². The Morgan fingerprint density at radius 2 is 1.65 bits per heavy atom. The highest BCUT2D eigenvalue weighted by Crippen LogP contribution is 2.59.